The Morgan fingerprint density at radius 3 is 2.38 bits per heavy atom. The zero-order valence-corrected chi connectivity index (χ0v) is 19.4. The minimum atomic E-state index is -0.430. The van der Waals surface area contributed by atoms with Crippen molar-refractivity contribution in [2.75, 3.05) is 12.5 Å². The highest BCUT2D eigenvalue weighted by molar-refractivity contribution is 9.10. The highest BCUT2D eigenvalue weighted by Gasteiger charge is 2.08. The lowest BCUT2D eigenvalue weighted by atomic mass is 10.2. The largest absolute Gasteiger partial charge is 0.497 e. The van der Waals surface area contributed by atoms with E-state index in [1.165, 1.54) is 11.3 Å². The second-order valence-electron chi connectivity index (χ2n) is 6.60. The third-order valence-corrected chi connectivity index (χ3v) is 5.71. The molecular formula is C24H18BrN3O3S. The van der Waals surface area contributed by atoms with E-state index in [2.05, 4.69) is 31.4 Å². The van der Waals surface area contributed by atoms with Crippen LogP contribution in [0.15, 0.2) is 87.8 Å². The maximum absolute atomic E-state index is 12.2. The molecule has 0 radical (unpaired) electrons. The first kappa shape index (κ1) is 21.7. The summed E-state index contributed by atoms with van der Waals surface area (Å²) < 4.78 is 11.5. The Hall–Kier alpha value is -3.49. The van der Waals surface area contributed by atoms with Gasteiger partial charge in [0.15, 0.2) is 0 Å². The molecule has 0 aliphatic rings. The number of thiazole rings is 1. The number of aromatic nitrogens is 1. The van der Waals surface area contributed by atoms with E-state index >= 15 is 0 Å². The van der Waals surface area contributed by atoms with Crippen molar-refractivity contribution < 1.29 is 14.3 Å². The maximum Gasteiger partial charge on any atom is 0.343 e. The fourth-order valence-electron chi connectivity index (χ4n) is 2.76. The summed E-state index contributed by atoms with van der Waals surface area (Å²) in [5.41, 5.74) is 6.18. The van der Waals surface area contributed by atoms with E-state index in [9.17, 15) is 4.79 Å². The molecule has 0 atom stereocenters. The predicted molar refractivity (Wildman–Crippen MR) is 131 cm³/mol. The molecule has 1 N–H and O–H groups in total. The number of halogens is 1. The number of anilines is 1. The van der Waals surface area contributed by atoms with Gasteiger partial charge in [0.05, 0.1) is 24.6 Å². The van der Waals surface area contributed by atoms with Gasteiger partial charge >= 0.3 is 5.97 Å². The van der Waals surface area contributed by atoms with Crippen molar-refractivity contribution in [1.82, 2.24) is 4.98 Å². The van der Waals surface area contributed by atoms with Gasteiger partial charge in [0, 0.05) is 15.4 Å². The molecule has 0 aliphatic carbocycles. The van der Waals surface area contributed by atoms with Crippen LogP contribution in [0.5, 0.6) is 11.5 Å². The second-order valence-corrected chi connectivity index (χ2v) is 8.38. The number of rotatable bonds is 7. The standard InChI is InChI=1S/C24H18BrN3O3S/c1-30-20-12-6-18(7-13-20)23(29)31-21-10-2-16(3-11-21)14-26-28-24-27-22(15-32-24)17-4-8-19(25)9-5-17/h2-15H,1H3,(H,27,28)/b26-14+. The predicted octanol–water partition coefficient (Wildman–Crippen LogP) is 6.25. The number of hydrogen-bond donors (Lipinski definition) is 1. The van der Waals surface area contributed by atoms with Gasteiger partial charge in [-0.05, 0) is 66.2 Å². The highest BCUT2D eigenvalue weighted by atomic mass is 79.9. The van der Waals surface area contributed by atoms with Gasteiger partial charge in [0.25, 0.3) is 0 Å². The molecular weight excluding hydrogens is 490 g/mol. The lowest BCUT2D eigenvalue weighted by Crippen LogP contribution is -2.08. The summed E-state index contributed by atoms with van der Waals surface area (Å²) in [6, 6.07) is 21.8. The Balaban J connectivity index is 1.32. The molecule has 0 amide bonds. The summed E-state index contributed by atoms with van der Waals surface area (Å²) in [6.07, 6.45) is 1.68. The number of nitrogens with one attached hydrogen (secondary N) is 1. The first-order valence-corrected chi connectivity index (χ1v) is 11.2. The number of benzene rings is 3. The fourth-order valence-corrected chi connectivity index (χ4v) is 3.69. The van der Waals surface area contributed by atoms with E-state index in [0.29, 0.717) is 22.2 Å². The normalized spacial score (nSPS) is 10.8. The van der Waals surface area contributed by atoms with Crippen LogP contribution in [0.1, 0.15) is 15.9 Å². The van der Waals surface area contributed by atoms with Crippen molar-refractivity contribution in [3.05, 3.63) is 93.8 Å². The Morgan fingerprint density at radius 2 is 1.69 bits per heavy atom. The minimum Gasteiger partial charge on any atom is -0.497 e. The summed E-state index contributed by atoms with van der Waals surface area (Å²) >= 11 is 4.91. The number of hydrogen-bond acceptors (Lipinski definition) is 7. The van der Waals surface area contributed by atoms with Gasteiger partial charge in [0.1, 0.15) is 11.5 Å². The van der Waals surface area contributed by atoms with E-state index in [-0.39, 0.29) is 0 Å². The van der Waals surface area contributed by atoms with Crippen LogP contribution in [0.25, 0.3) is 11.3 Å². The number of carbonyl (C=O) groups excluding carboxylic acids is 1. The van der Waals surface area contributed by atoms with Crippen LogP contribution in [-0.2, 0) is 0 Å². The van der Waals surface area contributed by atoms with Gasteiger partial charge in [-0.2, -0.15) is 5.10 Å². The minimum absolute atomic E-state index is 0.430. The molecule has 160 valence electrons. The topological polar surface area (TPSA) is 72.8 Å². The molecule has 4 aromatic rings. The average molecular weight is 508 g/mol. The summed E-state index contributed by atoms with van der Waals surface area (Å²) in [7, 11) is 1.58. The molecule has 8 heteroatoms. The second kappa shape index (κ2) is 10.2. The Labute approximate surface area is 197 Å². The molecule has 0 spiro atoms. The van der Waals surface area contributed by atoms with Crippen LogP contribution in [-0.4, -0.2) is 24.3 Å². The Kier molecular flexibility index (Phi) is 6.94. The smallest absolute Gasteiger partial charge is 0.343 e. The van der Waals surface area contributed by atoms with Gasteiger partial charge in [-0.25, -0.2) is 9.78 Å². The van der Waals surface area contributed by atoms with Crippen LogP contribution >= 0.6 is 27.3 Å². The Bertz CT molecular complexity index is 1220. The third-order valence-electron chi connectivity index (χ3n) is 4.43. The Morgan fingerprint density at radius 1 is 1.00 bits per heavy atom. The molecule has 1 aromatic heterocycles. The van der Waals surface area contributed by atoms with Crippen molar-refractivity contribution in [2.24, 2.45) is 5.10 Å². The zero-order chi connectivity index (χ0) is 22.3. The van der Waals surface area contributed by atoms with E-state index in [0.717, 1.165) is 21.3 Å². The molecule has 4 rings (SSSR count). The van der Waals surface area contributed by atoms with Crippen LogP contribution in [0.4, 0.5) is 5.13 Å². The number of esters is 1. The lowest BCUT2D eigenvalue weighted by molar-refractivity contribution is 0.0734. The van der Waals surface area contributed by atoms with Crippen LogP contribution < -0.4 is 14.9 Å². The number of carbonyl (C=O) groups is 1. The average Bonchev–Trinajstić information content (AvgIpc) is 3.29. The van der Waals surface area contributed by atoms with Crippen LogP contribution in [0.3, 0.4) is 0 Å². The quantitative estimate of drug-likeness (QED) is 0.138. The van der Waals surface area contributed by atoms with Crippen LogP contribution in [0.2, 0.25) is 0 Å². The fraction of sp³-hybridized carbons (Fsp3) is 0.0417. The molecule has 6 nitrogen and oxygen atoms in total. The number of methoxy groups -OCH3 is 1. The molecule has 0 saturated heterocycles. The maximum atomic E-state index is 12.2. The summed E-state index contributed by atoms with van der Waals surface area (Å²) in [6.45, 7) is 0. The third kappa shape index (κ3) is 5.60. The van der Waals surface area contributed by atoms with E-state index in [4.69, 9.17) is 9.47 Å². The van der Waals surface area contributed by atoms with Gasteiger partial charge in [-0.15, -0.1) is 11.3 Å². The number of nitrogens with zero attached hydrogens (tertiary/aromatic N) is 2. The molecule has 0 saturated carbocycles. The van der Waals surface area contributed by atoms with Crippen molar-refractivity contribution in [3.63, 3.8) is 0 Å². The van der Waals surface area contributed by atoms with Gasteiger partial charge in [-0.1, -0.05) is 28.1 Å². The lowest BCUT2D eigenvalue weighted by Gasteiger charge is -2.05. The van der Waals surface area contributed by atoms with Gasteiger partial charge in [0.2, 0.25) is 5.13 Å². The number of hydrazone groups is 1. The van der Waals surface area contributed by atoms with Crippen molar-refractivity contribution in [1.29, 1.82) is 0 Å². The first-order valence-electron chi connectivity index (χ1n) is 9.57. The molecule has 0 bridgehead atoms. The number of ether oxygens (including phenoxy) is 2. The van der Waals surface area contributed by atoms with Gasteiger partial charge < -0.3 is 9.47 Å². The van der Waals surface area contributed by atoms with Gasteiger partial charge in [-0.3, -0.25) is 5.43 Å². The molecule has 3 aromatic carbocycles. The first-order chi connectivity index (χ1) is 15.6. The molecule has 0 aliphatic heterocycles. The van der Waals surface area contributed by atoms with Crippen molar-refractivity contribution >= 4 is 44.6 Å². The van der Waals surface area contributed by atoms with Crippen LogP contribution in [0, 0.1) is 0 Å². The van der Waals surface area contributed by atoms with Crippen molar-refractivity contribution in [3.8, 4) is 22.8 Å². The molecule has 0 unspecified atom stereocenters. The molecule has 0 fully saturated rings. The monoisotopic (exact) mass is 507 g/mol. The van der Waals surface area contributed by atoms with Crippen molar-refractivity contribution in [2.45, 2.75) is 0 Å². The van der Waals surface area contributed by atoms with E-state index in [1.807, 2.05) is 41.8 Å². The highest BCUT2D eigenvalue weighted by Crippen LogP contribution is 2.26. The zero-order valence-electron chi connectivity index (χ0n) is 17.0. The summed E-state index contributed by atoms with van der Waals surface area (Å²) in [4.78, 5) is 16.8. The SMILES string of the molecule is COc1ccc(C(=O)Oc2ccc(/C=N/Nc3nc(-c4ccc(Br)cc4)cs3)cc2)cc1. The molecule has 1 heterocycles. The summed E-state index contributed by atoms with van der Waals surface area (Å²) in [5.74, 6) is 0.706. The summed E-state index contributed by atoms with van der Waals surface area (Å²) in [5, 5.41) is 6.91. The molecule has 32 heavy (non-hydrogen) atoms. The van der Waals surface area contributed by atoms with E-state index in [1.54, 1.807) is 49.7 Å². The van der Waals surface area contributed by atoms with E-state index < -0.39 is 5.97 Å².